The first-order chi connectivity index (χ1) is 29.6. The molecule has 0 N–H and O–H groups in total. The fourth-order valence-corrected chi connectivity index (χ4v) is 8.19. The van der Waals surface area contributed by atoms with Crippen LogP contribution in [0.2, 0.25) is 0 Å². The SMILES string of the molecule is COC(=O)c1cc(-c2ccc(N(c3ccccc3)c3ccccc3)c3ccccc23)c(C(=O)OC)cc1-c1ccc(N(c2ccccc2)c2ccccc2)c2ccccc12. The van der Waals surface area contributed by atoms with Crippen molar-refractivity contribution in [3.8, 4) is 22.3 Å². The fraction of sp³-hybridized carbons (Fsp3) is 0.0370. The predicted molar refractivity (Wildman–Crippen MR) is 244 cm³/mol. The maximum Gasteiger partial charge on any atom is 0.338 e. The molecule has 9 aromatic rings. The Morgan fingerprint density at radius 2 is 0.617 bits per heavy atom. The van der Waals surface area contributed by atoms with Gasteiger partial charge in [0.05, 0.1) is 36.7 Å². The number of hydrogen-bond donors (Lipinski definition) is 0. The van der Waals surface area contributed by atoms with Gasteiger partial charge in [-0.1, -0.05) is 133 Å². The first kappa shape index (κ1) is 37.6. The van der Waals surface area contributed by atoms with Crippen LogP contribution < -0.4 is 9.80 Å². The van der Waals surface area contributed by atoms with E-state index in [2.05, 4.69) is 82.6 Å². The van der Waals surface area contributed by atoms with Crippen LogP contribution in [0.4, 0.5) is 34.1 Å². The number of rotatable bonds is 10. The Hall–Kier alpha value is -7.96. The molecule has 0 spiro atoms. The summed E-state index contributed by atoms with van der Waals surface area (Å²) in [5.74, 6) is -1.04. The molecule has 6 heteroatoms. The molecule has 0 aromatic heterocycles. The van der Waals surface area contributed by atoms with E-state index in [1.807, 2.05) is 121 Å². The number of carbonyl (C=O) groups excluding carboxylic acids is 2. The molecule has 0 radical (unpaired) electrons. The molecule has 0 unspecified atom stereocenters. The molecule has 0 fully saturated rings. The molecule has 60 heavy (non-hydrogen) atoms. The molecular formula is C54H40N2O4. The number of ether oxygens (including phenoxy) is 2. The first-order valence-electron chi connectivity index (χ1n) is 19.7. The average Bonchev–Trinajstić information content (AvgIpc) is 3.32. The van der Waals surface area contributed by atoms with Gasteiger partial charge in [0, 0.05) is 33.5 Å². The predicted octanol–water partition coefficient (Wildman–Crippen LogP) is 13.8. The maximum atomic E-state index is 14.0. The number of carbonyl (C=O) groups is 2. The molecule has 9 rings (SSSR count). The van der Waals surface area contributed by atoms with Crippen LogP contribution >= 0.6 is 0 Å². The molecule has 9 aromatic carbocycles. The van der Waals surface area contributed by atoms with Gasteiger partial charge in [0.1, 0.15) is 0 Å². The molecule has 0 amide bonds. The first-order valence-corrected chi connectivity index (χ1v) is 19.7. The monoisotopic (exact) mass is 780 g/mol. The Labute approximate surface area is 349 Å². The molecule has 0 aliphatic carbocycles. The zero-order valence-electron chi connectivity index (χ0n) is 33.2. The fourth-order valence-electron chi connectivity index (χ4n) is 8.19. The van der Waals surface area contributed by atoms with E-state index in [4.69, 9.17) is 9.47 Å². The minimum Gasteiger partial charge on any atom is -0.465 e. The van der Waals surface area contributed by atoms with Crippen LogP contribution in [0, 0.1) is 0 Å². The van der Waals surface area contributed by atoms with Crippen molar-refractivity contribution >= 4 is 67.6 Å². The minimum atomic E-state index is -0.522. The third kappa shape index (κ3) is 6.90. The lowest BCUT2D eigenvalue weighted by Crippen LogP contribution is -2.12. The summed E-state index contributed by atoms with van der Waals surface area (Å²) in [7, 11) is 2.76. The third-order valence-corrected chi connectivity index (χ3v) is 10.9. The summed E-state index contributed by atoms with van der Waals surface area (Å²) in [4.78, 5) is 32.4. The summed E-state index contributed by atoms with van der Waals surface area (Å²) in [6.07, 6.45) is 0. The van der Waals surface area contributed by atoms with Crippen molar-refractivity contribution in [3.05, 3.63) is 217 Å². The third-order valence-electron chi connectivity index (χ3n) is 10.9. The lowest BCUT2D eigenvalue weighted by molar-refractivity contribution is 0.0588. The molecule has 290 valence electrons. The van der Waals surface area contributed by atoms with E-state index in [-0.39, 0.29) is 0 Å². The summed E-state index contributed by atoms with van der Waals surface area (Å²) < 4.78 is 10.9. The topological polar surface area (TPSA) is 59.1 Å². The summed E-state index contributed by atoms with van der Waals surface area (Å²) in [6.45, 7) is 0. The highest BCUT2D eigenvalue weighted by Gasteiger charge is 2.26. The van der Waals surface area contributed by atoms with Crippen molar-refractivity contribution < 1.29 is 19.1 Å². The standard InChI is InChI=1S/C54H40N2O4/c1-59-53(57)49-35-48(44-32-34-52(46-30-18-16-28-42(44)46)56(39-23-11-5-12-24-39)40-25-13-6-14-26-40)50(54(58)60-2)36-47(49)43-31-33-51(45-29-17-15-27-41(43)45)55(37-19-7-3-8-20-37)38-21-9-4-10-22-38/h3-36H,1-2H3. The van der Waals surface area contributed by atoms with Crippen LogP contribution in [0.1, 0.15) is 20.7 Å². The van der Waals surface area contributed by atoms with Gasteiger partial charge in [0.15, 0.2) is 0 Å². The minimum absolute atomic E-state index is 0.324. The second-order valence-electron chi connectivity index (χ2n) is 14.3. The highest BCUT2D eigenvalue weighted by atomic mass is 16.5. The Kier molecular flexibility index (Phi) is 10.3. The van der Waals surface area contributed by atoms with Crippen LogP contribution in [0.25, 0.3) is 43.8 Å². The Morgan fingerprint density at radius 1 is 0.333 bits per heavy atom. The lowest BCUT2D eigenvalue weighted by Gasteiger charge is -2.28. The Bertz CT molecular complexity index is 2700. The summed E-state index contributed by atoms with van der Waals surface area (Å²) in [6, 6.07) is 68.9. The summed E-state index contributed by atoms with van der Waals surface area (Å²) in [5, 5.41) is 3.73. The van der Waals surface area contributed by atoms with Gasteiger partial charge in [0.2, 0.25) is 0 Å². The van der Waals surface area contributed by atoms with Gasteiger partial charge in [-0.2, -0.15) is 0 Å². The molecule has 0 saturated carbocycles. The van der Waals surface area contributed by atoms with E-state index in [1.165, 1.54) is 14.2 Å². The van der Waals surface area contributed by atoms with E-state index in [1.54, 1.807) is 12.1 Å². The molecule has 0 heterocycles. The van der Waals surface area contributed by atoms with Gasteiger partial charge in [-0.15, -0.1) is 0 Å². The molecular weight excluding hydrogens is 741 g/mol. The average molecular weight is 781 g/mol. The number of para-hydroxylation sites is 4. The van der Waals surface area contributed by atoms with E-state index in [0.717, 1.165) is 66.8 Å². The normalized spacial score (nSPS) is 11.0. The van der Waals surface area contributed by atoms with Crippen molar-refractivity contribution in [1.82, 2.24) is 0 Å². The molecule has 0 aliphatic rings. The van der Waals surface area contributed by atoms with Crippen molar-refractivity contribution in [2.24, 2.45) is 0 Å². The van der Waals surface area contributed by atoms with E-state index >= 15 is 0 Å². The number of nitrogens with zero attached hydrogens (tertiary/aromatic N) is 2. The number of esters is 2. The van der Waals surface area contributed by atoms with Crippen LogP contribution in [0.15, 0.2) is 206 Å². The maximum absolute atomic E-state index is 14.0. The smallest absolute Gasteiger partial charge is 0.338 e. The summed E-state index contributed by atoms with van der Waals surface area (Å²) in [5.41, 5.74) is 9.24. The van der Waals surface area contributed by atoms with Gasteiger partial charge >= 0.3 is 11.9 Å². The van der Waals surface area contributed by atoms with Gasteiger partial charge in [0.25, 0.3) is 0 Å². The molecule has 0 aliphatic heterocycles. The van der Waals surface area contributed by atoms with Gasteiger partial charge < -0.3 is 19.3 Å². The van der Waals surface area contributed by atoms with Crippen molar-refractivity contribution in [2.75, 3.05) is 24.0 Å². The number of methoxy groups -OCH3 is 2. The number of fused-ring (bicyclic) bond motifs is 2. The Balaban J connectivity index is 1.26. The van der Waals surface area contributed by atoms with Crippen molar-refractivity contribution in [2.45, 2.75) is 0 Å². The highest BCUT2D eigenvalue weighted by Crippen LogP contribution is 2.46. The Morgan fingerprint density at radius 3 is 0.917 bits per heavy atom. The van der Waals surface area contributed by atoms with E-state index in [0.29, 0.717) is 22.3 Å². The van der Waals surface area contributed by atoms with Crippen LogP contribution in [-0.2, 0) is 9.47 Å². The zero-order chi connectivity index (χ0) is 41.0. The second-order valence-corrected chi connectivity index (χ2v) is 14.3. The van der Waals surface area contributed by atoms with Gasteiger partial charge in [-0.3, -0.25) is 0 Å². The van der Waals surface area contributed by atoms with Gasteiger partial charge in [-0.05, 0) is 106 Å². The largest absolute Gasteiger partial charge is 0.465 e. The van der Waals surface area contributed by atoms with Gasteiger partial charge in [-0.25, -0.2) is 9.59 Å². The van der Waals surface area contributed by atoms with E-state index < -0.39 is 11.9 Å². The summed E-state index contributed by atoms with van der Waals surface area (Å²) >= 11 is 0. The second kappa shape index (κ2) is 16.5. The molecule has 6 nitrogen and oxygen atoms in total. The molecule has 0 bridgehead atoms. The number of hydrogen-bond acceptors (Lipinski definition) is 6. The van der Waals surface area contributed by atoms with Crippen LogP contribution in [-0.4, -0.2) is 26.2 Å². The zero-order valence-corrected chi connectivity index (χ0v) is 33.2. The lowest BCUT2D eigenvalue weighted by atomic mass is 9.86. The van der Waals surface area contributed by atoms with Crippen molar-refractivity contribution in [1.29, 1.82) is 0 Å². The molecule has 0 saturated heterocycles. The number of anilines is 6. The van der Waals surface area contributed by atoms with E-state index in [9.17, 15) is 9.59 Å². The number of benzene rings is 9. The highest BCUT2D eigenvalue weighted by molar-refractivity contribution is 6.14. The van der Waals surface area contributed by atoms with Crippen molar-refractivity contribution in [3.63, 3.8) is 0 Å². The van der Waals surface area contributed by atoms with Crippen LogP contribution in [0.5, 0.6) is 0 Å². The molecule has 0 atom stereocenters. The quantitative estimate of drug-likeness (QED) is 0.129. The van der Waals surface area contributed by atoms with Crippen LogP contribution in [0.3, 0.4) is 0 Å².